The van der Waals surface area contributed by atoms with Crippen LogP contribution in [-0.4, -0.2) is 14.7 Å². The van der Waals surface area contributed by atoms with Crippen LogP contribution in [0.15, 0.2) is 0 Å². The molecule has 0 amide bonds. The van der Waals surface area contributed by atoms with E-state index in [1.54, 1.807) is 0 Å². The Bertz CT molecular complexity index is 15.5. The van der Waals surface area contributed by atoms with Gasteiger partial charge in [-0.1, -0.05) is 0 Å². The standard InChI is InChI=1S/Na.H3O3P.H/c;1-4(2)3;/h;1-3H;/q+1;;-1. The summed E-state index contributed by atoms with van der Waals surface area (Å²) in [5.41, 5.74) is 0. The summed E-state index contributed by atoms with van der Waals surface area (Å²) in [7, 11) is -2.62. The molecule has 0 spiro atoms. The fraction of sp³-hybridized carbons (Fsp3) is 0. The molecule has 28 valence electrons. The first-order chi connectivity index (χ1) is 1.73. The molecule has 0 aliphatic carbocycles. The van der Waals surface area contributed by atoms with Crippen molar-refractivity contribution in [3.8, 4) is 0 Å². The Morgan fingerprint density at radius 1 is 1.20 bits per heavy atom. The maximum atomic E-state index is 7.23. The van der Waals surface area contributed by atoms with Crippen LogP contribution in [-0.2, 0) is 0 Å². The van der Waals surface area contributed by atoms with Crippen LogP contribution < -0.4 is 29.6 Å². The molecule has 0 radical (unpaired) electrons. The monoisotopic (exact) mass is 106 g/mol. The summed E-state index contributed by atoms with van der Waals surface area (Å²) in [5.74, 6) is 0. The number of hydrogen-bond acceptors (Lipinski definition) is 3. The van der Waals surface area contributed by atoms with Crippen LogP contribution in [0.2, 0.25) is 0 Å². The van der Waals surface area contributed by atoms with E-state index in [9.17, 15) is 0 Å². The SMILES string of the molecule is OP(O)O.[H-].[Na+]. The second-order valence-corrected chi connectivity index (χ2v) is 0.805. The Kier molecular flexibility index (Phi) is 10.2. The van der Waals surface area contributed by atoms with E-state index < -0.39 is 8.60 Å². The molecule has 0 saturated carbocycles. The van der Waals surface area contributed by atoms with Gasteiger partial charge in [0.05, 0.1) is 0 Å². The van der Waals surface area contributed by atoms with Crippen LogP contribution in [0.3, 0.4) is 0 Å². The van der Waals surface area contributed by atoms with Crippen LogP contribution in [0.4, 0.5) is 0 Å². The molecule has 5 heavy (non-hydrogen) atoms. The fourth-order valence-electron chi connectivity index (χ4n) is 0. The van der Waals surface area contributed by atoms with Gasteiger partial charge in [0.2, 0.25) is 0 Å². The van der Waals surface area contributed by atoms with Gasteiger partial charge in [-0.3, -0.25) is 0 Å². The van der Waals surface area contributed by atoms with Crippen molar-refractivity contribution < 1.29 is 45.7 Å². The normalized spacial score (nSPS) is 7.20. The van der Waals surface area contributed by atoms with Crippen LogP contribution >= 0.6 is 8.60 Å². The largest absolute Gasteiger partial charge is 1.00 e. The zero-order valence-corrected chi connectivity index (χ0v) is 5.68. The van der Waals surface area contributed by atoms with E-state index in [1.165, 1.54) is 0 Å². The first-order valence-corrected chi connectivity index (χ1v) is 1.80. The molecule has 0 rings (SSSR count). The Morgan fingerprint density at radius 3 is 1.20 bits per heavy atom. The van der Waals surface area contributed by atoms with Crippen LogP contribution in [0.1, 0.15) is 1.43 Å². The maximum absolute atomic E-state index is 7.23. The van der Waals surface area contributed by atoms with Gasteiger partial charge in [-0.25, -0.2) is 0 Å². The van der Waals surface area contributed by atoms with Gasteiger partial charge in [0.15, 0.2) is 0 Å². The van der Waals surface area contributed by atoms with E-state index in [2.05, 4.69) is 0 Å². The summed E-state index contributed by atoms with van der Waals surface area (Å²) >= 11 is 0. The van der Waals surface area contributed by atoms with Crippen molar-refractivity contribution in [2.75, 3.05) is 0 Å². The van der Waals surface area contributed by atoms with Crippen molar-refractivity contribution in [1.82, 2.24) is 0 Å². The minimum atomic E-state index is -2.62. The quantitative estimate of drug-likeness (QED) is 0.220. The van der Waals surface area contributed by atoms with Crippen molar-refractivity contribution in [3.63, 3.8) is 0 Å². The van der Waals surface area contributed by atoms with Crippen LogP contribution in [0.5, 0.6) is 0 Å². The van der Waals surface area contributed by atoms with Gasteiger partial charge < -0.3 is 16.1 Å². The molecular weight excluding hydrogens is 102 g/mol. The molecule has 0 saturated heterocycles. The van der Waals surface area contributed by atoms with Gasteiger partial charge in [0, 0.05) is 0 Å². The minimum Gasteiger partial charge on any atom is -1.00 e. The molecule has 3 nitrogen and oxygen atoms in total. The Balaban J connectivity index is -0.0000000450. The summed E-state index contributed by atoms with van der Waals surface area (Å²) in [6.07, 6.45) is 0. The van der Waals surface area contributed by atoms with E-state index in [1.807, 2.05) is 0 Å². The molecule has 0 heterocycles. The third-order valence-corrected chi connectivity index (χ3v) is 0. The second-order valence-electron chi connectivity index (χ2n) is 0.268. The summed E-state index contributed by atoms with van der Waals surface area (Å²) in [6, 6.07) is 0. The average Bonchev–Trinajstić information content (AvgIpc) is 0.811. The molecule has 0 fully saturated rings. The van der Waals surface area contributed by atoms with E-state index in [0.717, 1.165) is 0 Å². The zero-order chi connectivity index (χ0) is 3.58. The Morgan fingerprint density at radius 2 is 1.20 bits per heavy atom. The van der Waals surface area contributed by atoms with E-state index in [0.29, 0.717) is 0 Å². The van der Waals surface area contributed by atoms with E-state index >= 15 is 0 Å². The number of hydrogen-bond donors (Lipinski definition) is 3. The summed E-state index contributed by atoms with van der Waals surface area (Å²) in [4.78, 5) is 21.7. The molecule has 0 unspecified atom stereocenters. The van der Waals surface area contributed by atoms with Gasteiger partial charge >= 0.3 is 38.2 Å². The molecule has 0 aliphatic heterocycles. The zero-order valence-electron chi connectivity index (χ0n) is 3.79. The van der Waals surface area contributed by atoms with Gasteiger partial charge in [-0.15, -0.1) is 0 Å². The smallest absolute Gasteiger partial charge is 1.00 e. The average molecular weight is 106 g/mol. The first-order valence-electron chi connectivity index (χ1n) is 0.600. The predicted octanol–water partition coefficient (Wildman–Crippen LogP) is -3.69. The molecule has 0 bridgehead atoms. The number of rotatable bonds is 0. The molecule has 5 heteroatoms. The van der Waals surface area contributed by atoms with E-state index in [-0.39, 0.29) is 31.0 Å². The van der Waals surface area contributed by atoms with Crippen LogP contribution in [0.25, 0.3) is 0 Å². The van der Waals surface area contributed by atoms with Crippen molar-refractivity contribution in [2.45, 2.75) is 0 Å². The van der Waals surface area contributed by atoms with Gasteiger partial charge in [0.1, 0.15) is 0 Å². The third kappa shape index (κ3) is 33.9. The van der Waals surface area contributed by atoms with Crippen molar-refractivity contribution >= 4 is 8.60 Å². The molecule has 0 aromatic heterocycles. The summed E-state index contributed by atoms with van der Waals surface area (Å²) < 4.78 is 0. The molecular formula is H4NaO3P. The maximum Gasteiger partial charge on any atom is 1.00 e. The second kappa shape index (κ2) is 5.31. The van der Waals surface area contributed by atoms with Crippen LogP contribution in [0, 0.1) is 0 Å². The topological polar surface area (TPSA) is 60.7 Å². The molecule has 0 aromatic rings. The Hall–Kier alpha value is 1.31. The van der Waals surface area contributed by atoms with E-state index in [4.69, 9.17) is 14.7 Å². The summed E-state index contributed by atoms with van der Waals surface area (Å²) in [6.45, 7) is 0. The predicted molar refractivity (Wildman–Crippen MR) is 14.7 cm³/mol. The minimum absolute atomic E-state index is 0. The molecule has 3 N–H and O–H groups in total. The molecule has 0 aliphatic rings. The van der Waals surface area contributed by atoms with Gasteiger partial charge in [0.25, 0.3) is 0 Å². The summed E-state index contributed by atoms with van der Waals surface area (Å²) in [5, 5.41) is 0. The van der Waals surface area contributed by atoms with Gasteiger partial charge in [-0.05, 0) is 0 Å². The van der Waals surface area contributed by atoms with Crippen molar-refractivity contribution in [3.05, 3.63) is 0 Å². The fourth-order valence-corrected chi connectivity index (χ4v) is 0. The molecule has 0 atom stereocenters. The van der Waals surface area contributed by atoms with Gasteiger partial charge in [-0.2, -0.15) is 0 Å². The molecule has 0 aromatic carbocycles. The third-order valence-electron chi connectivity index (χ3n) is 0. The van der Waals surface area contributed by atoms with Crippen molar-refractivity contribution in [1.29, 1.82) is 0 Å². The first kappa shape index (κ1) is 9.58. The van der Waals surface area contributed by atoms with Crippen molar-refractivity contribution in [2.24, 2.45) is 0 Å². The Labute approximate surface area is 54.4 Å².